The fraction of sp³-hybridized carbons (Fsp3) is 0.136. The smallest absolute Gasteiger partial charge is 0.134 e. The first-order valence-corrected chi connectivity index (χ1v) is 9.44. The Labute approximate surface area is 162 Å². The van der Waals surface area contributed by atoms with Crippen LogP contribution in [0.1, 0.15) is 29.0 Å². The number of nitrogens with one attached hydrogen (secondary N) is 1. The monoisotopic (exact) mass is 405 g/mol. The predicted octanol–water partition coefficient (Wildman–Crippen LogP) is 5.13. The topological polar surface area (TPSA) is 27.6 Å². The van der Waals surface area contributed by atoms with E-state index in [-0.39, 0.29) is 12.3 Å². The van der Waals surface area contributed by atoms with Crippen molar-refractivity contribution in [2.45, 2.75) is 12.3 Å². The van der Waals surface area contributed by atoms with Gasteiger partial charge >= 0.3 is 0 Å². The number of hydrogen-bond donors (Lipinski definition) is 1. The zero-order chi connectivity index (χ0) is 17.9. The van der Waals surface area contributed by atoms with E-state index in [9.17, 15) is 0 Å². The third kappa shape index (κ3) is 3.43. The largest absolute Gasteiger partial charge is 0.340 e. The quantitative estimate of drug-likeness (QED) is 0.653. The molecule has 3 aromatic rings. The average molecular weight is 406 g/mol. The van der Waals surface area contributed by atoms with Gasteiger partial charge in [-0.15, -0.1) is 0 Å². The molecule has 1 heterocycles. The summed E-state index contributed by atoms with van der Waals surface area (Å²) in [6.07, 6.45) is -0.0335. The Morgan fingerprint density at radius 1 is 0.808 bits per heavy atom. The average Bonchev–Trinajstić information content (AvgIpc) is 2.70. The lowest BCUT2D eigenvalue weighted by Crippen LogP contribution is -2.46. The van der Waals surface area contributed by atoms with Gasteiger partial charge in [-0.1, -0.05) is 88.7 Å². The minimum absolute atomic E-state index is 0.0533. The van der Waals surface area contributed by atoms with Gasteiger partial charge in [-0.2, -0.15) is 0 Å². The Morgan fingerprint density at radius 2 is 1.38 bits per heavy atom. The van der Waals surface area contributed by atoms with Crippen LogP contribution >= 0.6 is 15.9 Å². The van der Waals surface area contributed by atoms with Crippen molar-refractivity contribution in [3.05, 3.63) is 106 Å². The van der Waals surface area contributed by atoms with Crippen LogP contribution in [0.4, 0.5) is 0 Å². The molecule has 130 valence electrons. The van der Waals surface area contributed by atoms with Crippen molar-refractivity contribution in [1.82, 2.24) is 10.2 Å². The first kappa shape index (κ1) is 17.0. The van der Waals surface area contributed by atoms with E-state index in [2.05, 4.69) is 106 Å². The Kier molecular flexibility index (Phi) is 4.87. The van der Waals surface area contributed by atoms with Crippen molar-refractivity contribution in [2.75, 3.05) is 7.05 Å². The van der Waals surface area contributed by atoms with E-state index in [0.29, 0.717) is 0 Å². The van der Waals surface area contributed by atoms with E-state index in [0.717, 1.165) is 21.4 Å². The molecule has 0 radical (unpaired) electrons. The minimum Gasteiger partial charge on any atom is -0.340 e. The molecule has 3 aromatic carbocycles. The van der Waals surface area contributed by atoms with Crippen LogP contribution in [0.5, 0.6) is 0 Å². The first-order valence-electron chi connectivity index (χ1n) is 8.65. The number of hydrogen-bond acceptors (Lipinski definition) is 3. The second-order valence-electron chi connectivity index (χ2n) is 6.36. The highest BCUT2D eigenvalue weighted by Crippen LogP contribution is 2.30. The third-order valence-electron chi connectivity index (χ3n) is 4.62. The highest BCUT2D eigenvalue weighted by Gasteiger charge is 2.29. The highest BCUT2D eigenvalue weighted by molar-refractivity contribution is 9.10. The number of nitrogens with zero attached hydrogens (tertiary/aromatic N) is 2. The van der Waals surface area contributed by atoms with E-state index in [1.807, 2.05) is 12.1 Å². The van der Waals surface area contributed by atoms with Crippen LogP contribution in [0.15, 0.2) is 94.4 Å². The lowest BCUT2D eigenvalue weighted by molar-refractivity contribution is 0.257. The fourth-order valence-corrected chi connectivity index (χ4v) is 3.54. The zero-order valence-electron chi connectivity index (χ0n) is 14.5. The molecule has 2 atom stereocenters. The normalized spacial score (nSPS) is 19.9. The SMILES string of the molecule is CN1C(c2ccc(Br)cc2)=NC(c2ccccc2)NC1c1ccccc1. The molecule has 1 aliphatic heterocycles. The van der Waals surface area contributed by atoms with Crippen molar-refractivity contribution >= 4 is 21.8 Å². The molecule has 0 amide bonds. The van der Waals surface area contributed by atoms with Gasteiger partial charge in [0.1, 0.15) is 18.2 Å². The van der Waals surface area contributed by atoms with Gasteiger partial charge in [-0.3, -0.25) is 5.32 Å². The molecule has 3 nitrogen and oxygen atoms in total. The van der Waals surface area contributed by atoms with Gasteiger partial charge in [0.05, 0.1) is 0 Å². The highest BCUT2D eigenvalue weighted by atomic mass is 79.9. The molecule has 0 fully saturated rings. The summed E-state index contributed by atoms with van der Waals surface area (Å²) in [4.78, 5) is 7.23. The van der Waals surface area contributed by atoms with Crippen molar-refractivity contribution in [3.63, 3.8) is 0 Å². The molecule has 0 spiro atoms. The summed E-state index contributed by atoms with van der Waals surface area (Å²) in [6, 6.07) is 29.2. The van der Waals surface area contributed by atoms with Crippen LogP contribution in [0.2, 0.25) is 0 Å². The molecule has 4 rings (SSSR count). The summed E-state index contributed by atoms with van der Waals surface area (Å²) in [7, 11) is 2.09. The molecule has 0 aliphatic carbocycles. The van der Waals surface area contributed by atoms with Crippen molar-refractivity contribution in [2.24, 2.45) is 4.99 Å². The van der Waals surface area contributed by atoms with Crippen molar-refractivity contribution in [3.8, 4) is 0 Å². The number of halogens is 1. The van der Waals surface area contributed by atoms with Gasteiger partial charge in [0.2, 0.25) is 0 Å². The lowest BCUT2D eigenvalue weighted by atomic mass is 10.1. The Bertz CT molecular complexity index is 892. The van der Waals surface area contributed by atoms with Gasteiger partial charge in [0.25, 0.3) is 0 Å². The van der Waals surface area contributed by atoms with Crippen LogP contribution in [0, 0.1) is 0 Å². The molecule has 0 saturated carbocycles. The van der Waals surface area contributed by atoms with Gasteiger partial charge in [0, 0.05) is 17.1 Å². The maximum absolute atomic E-state index is 5.02. The van der Waals surface area contributed by atoms with E-state index in [1.54, 1.807) is 0 Å². The summed E-state index contributed by atoms with van der Waals surface area (Å²) < 4.78 is 1.07. The molecule has 2 unspecified atom stereocenters. The van der Waals surface area contributed by atoms with E-state index in [1.165, 1.54) is 5.56 Å². The molecule has 26 heavy (non-hydrogen) atoms. The Balaban J connectivity index is 1.78. The van der Waals surface area contributed by atoms with Gasteiger partial charge in [0.15, 0.2) is 0 Å². The number of amidine groups is 1. The Morgan fingerprint density at radius 3 is 2.00 bits per heavy atom. The molecular formula is C22H20BrN3. The number of benzene rings is 3. The van der Waals surface area contributed by atoms with Crippen molar-refractivity contribution < 1.29 is 0 Å². The maximum atomic E-state index is 5.02. The summed E-state index contributed by atoms with van der Waals surface area (Å²) in [5.74, 6) is 0.985. The zero-order valence-corrected chi connectivity index (χ0v) is 16.1. The van der Waals surface area contributed by atoms with E-state index in [4.69, 9.17) is 4.99 Å². The molecule has 0 aromatic heterocycles. The van der Waals surface area contributed by atoms with Crippen molar-refractivity contribution in [1.29, 1.82) is 0 Å². The molecular weight excluding hydrogens is 386 g/mol. The molecule has 0 bridgehead atoms. The van der Waals surface area contributed by atoms with Crippen LogP contribution in [0.3, 0.4) is 0 Å². The van der Waals surface area contributed by atoms with Crippen LogP contribution in [-0.2, 0) is 0 Å². The van der Waals surface area contributed by atoms with E-state index >= 15 is 0 Å². The van der Waals surface area contributed by atoms with Gasteiger partial charge in [-0.05, 0) is 23.3 Å². The number of aliphatic imine (C=N–C) groups is 1. The molecule has 4 heteroatoms. The third-order valence-corrected chi connectivity index (χ3v) is 5.15. The Hall–Kier alpha value is -2.43. The van der Waals surface area contributed by atoms with Crippen LogP contribution < -0.4 is 5.32 Å². The first-order chi connectivity index (χ1) is 12.7. The fourth-order valence-electron chi connectivity index (χ4n) is 3.27. The summed E-state index contributed by atoms with van der Waals surface area (Å²) in [6.45, 7) is 0. The van der Waals surface area contributed by atoms with Crippen LogP contribution in [0.25, 0.3) is 0 Å². The maximum Gasteiger partial charge on any atom is 0.134 e. The summed E-state index contributed by atoms with van der Waals surface area (Å²) in [5, 5.41) is 3.68. The van der Waals surface area contributed by atoms with Gasteiger partial charge < -0.3 is 4.90 Å². The summed E-state index contributed by atoms with van der Waals surface area (Å²) in [5.41, 5.74) is 3.50. The predicted molar refractivity (Wildman–Crippen MR) is 110 cm³/mol. The number of rotatable bonds is 3. The molecule has 1 aliphatic rings. The minimum atomic E-state index is -0.0868. The molecule has 1 N–H and O–H groups in total. The van der Waals surface area contributed by atoms with Crippen LogP contribution in [-0.4, -0.2) is 17.8 Å². The lowest BCUT2D eigenvalue weighted by Gasteiger charge is -2.39. The molecule has 0 saturated heterocycles. The second kappa shape index (κ2) is 7.44. The summed E-state index contributed by atoms with van der Waals surface area (Å²) >= 11 is 3.52. The van der Waals surface area contributed by atoms with Gasteiger partial charge in [-0.25, -0.2) is 4.99 Å². The van der Waals surface area contributed by atoms with E-state index < -0.39 is 0 Å². The second-order valence-corrected chi connectivity index (χ2v) is 7.28. The standard InChI is InChI=1S/C22H20BrN3/c1-26-21(17-10-6-3-7-11-17)24-20(16-8-4-2-5-9-16)25-22(26)18-12-14-19(23)15-13-18/h2-15,20-21,24H,1H3.